The lowest BCUT2D eigenvalue weighted by Crippen LogP contribution is -2.64. The molecule has 2 nitrogen and oxygen atoms in total. The molecular weight excluding hydrogens is 423 g/mol. The van der Waals surface area contributed by atoms with Gasteiger partial charge in [0.25, 0.3) is 6.71 Å². The van der Waals surface area contributed by atoms with Gasteiger partial charge in [0.05, 0.1) is 5.54 Å². The van der Waals surface area contributed by atoms with Crippen molar-refractivity contribution in [2.24, 2.45) is 0 Å². The Labute approximate surface area is 208 Å². The first-order chi connectivity index (χ1) is 17.1. The SMILES string of the molecule is CC12CCCCC1(C)N1c3cccc4c3B(c3ccccc3N4c3ccccc3)c3cccc2c31. The predicted octanol–water partition coefficient (Wildman–Crippen LogP) is 6.04. The van der Waals surface area contributed by atoms with E-state index < -0.39 is 0 Å². The van der Waals surface area contributed by atoms with Crippen molar-refractivity contribution in [1.82, 2.24) is 0 Å². The molecule has 1 saturated carbocycles. The Morgan fingerprint density at radius 3 is 2.23 bits per heavy atom. The molecule has 0 aromatic heterocycles. The zero-order valence-electron chi connectivity index (χ0n) is 20.5. The molecule has 170 valence electrons. The van der Waals surface area contributed by atoms with Crippen molar-refractivity contribution in [3.8, 4) is 0 Å². The molecular formula is C32H29BN2. The normalized spacial score (nSPS) is 25.0. The third-order valence-electron chi connectivity index (χ3n) is 9.80. The fraction of sp³-hybridized carbons (Fsp3) is 0.250. The molecule has 0 radical (unpaired) electrons. The van der Waals surface area contributed by atoms with Gasteiger partial charge in [0, 0.05) is 33.9 Å². The van der Waals surface area contributed by atoms with Crippen LogP contribution in [0.25, 0.3) is 0 Å². The number of nitrogens with zero attached hydrogens (tertiary/aromatic N) is 2. The molecule has 8 rings (SSSR count). The van der Waals surface area contributed by atoms with Crippen molar-refractivity contribution in [2.45, 2.75) is 50.5 Å². The van der Waals surface area contributed by atoms with Gasteiger partial charge in [-0.15, -0.1) is 0 Å². The molecule has 4 aromatic carbocycles. The number of anilines is 5. The summed E-state index contributed by atoms with van der Waals surface area (Å²) in [6.45, 7) is 5.35. The molecule has 35 heavy (non-hydrogen) atoms. The molecule has 4 aromatic rings. The average molecular weight is 452 g/mol. The summed E-state index contributed by atoms with van der Waals surface area (Å²) in [5.74, 6) is 0. The van der Waals surface area contributed by atoms with Gasteiger partial charge in [-0.1, -0.05) is 80.4 Å². The number of fused-ring (bicyclic) bond motifs is 7. The van der Waals surface area contributed by atoms with Crippen molar-refractivity contribution < 1.29 is 0 Å². The van der Waals surface area contributed by atoms with E-state index >= 15 is 0 Å². The number of benzene rings is 4. The molecule has 3 aliphatic heterocycles. The first-order valence-electron chi connectivity index (χ1n) is 13.1. The Bertz CT molecular complexity index is 1510. The summed E-state index contributed by atoms with van der Waals surface area (Å²) >= 11 is 0. The molecule has 2 atom stereocenters. The van der Waals surface area contributed by atoms with Crippen LogP contribution in [0.15, 0.2) is 91.0 Å². The van der Waals surface area contributed by atoms with E-state index in [9.17, 15) is 0 Å². The van der Waals surface area contributed by atoms with Crippen molar-refractivity contribution in [1.29, 1.82) is 0 Å². The number of hydrogen-bond acceptors (Lipinski definition) is 2. The minimum absolute atomic E-state index is 0.0956. The predicted molar refractivity (Wildman–Crippen MR) is 149 cm³/mol. The Kier molecular flexibility index (Phi) is 3.74. The van der Waals surface area contributed by atoms with Crippen LogP contribution in [0.5, 0.6) is 0 Å². The molecule has 3 heterocycles. The van der Waals surface area contributed by atoms with E-state index in [1.165, 1.54) is 70.5 Å². The highest BCUT2D eigenvalue weighted by molar-refractivity contribution is 7.00. The van der Waals surface area contributed by atoms with Crippen molar-refractivity contribution in [3.63, 3.8) is 0 Å². The summed E-state index contributed by atoms with van der Waals surface area (Å²) in [4.78, 5) is 5.27. The van der Waals surface area contributed by atoms with Crippen LogP contribution < -0.4 is 26.2 Å². The third-order valence-corrected chi connectivity index (χ3v) is 9.80. The highest BCUT2D eigenvalue weighted by atomic mass is 15.3. The van der Waals surface area contributed by atoms with E-state index in [4.69, 9.17) is 0 Å². The first-order valence-corrected chi connectivity index (χ1v) is 13.1. The van der Waals surface area contributed by atoms with E-state index in [2.05, 4.69) is 115 Å². The van der Waals surface area contributed by atoms with Gasteiger partial charge in [-0.3, -0.25) is 0 Å². The second-order valence-electron chi connectivity index (χ2n) is 11.3. The van der Waals surface area contributed by atoms with Crippen molar-refractivity contribution in [3.05, 3.63) is 96.6 Å². The Balaban J connectivity index is 1.49. The first kappa shape index (κ1) is 19.8. The number of rotatable bonds is 1. The molecule has 0 spiro atoms. The number of para-hydroxylation sites is 3. The van der Waals surface area contributed by atoms with Crippen LogP contribution in [-0.2, 0) is 5.41 Å². The maximum absolute atomic E-state index is 2.78. The fourth-order valence-electron chi connectivity index (χ4n) is 8.02. The number of hydrogen-bond donors (Lipinski definition) is 0. The maximum Gasteiger partial charge on any atom is 0.252 e. The van der Waals surface area contributed by atoms with E-state index in [-0.39, 0.29) is 17.7 Å². The molecule has 0 bridgehead atoms. The summed E-state index contributed by atoms with van der Waals surface area (Å²) in [5, 5.41) is 0. The van der Waals surface area contributed by atoms with Gasteiger partial charge in [0.15, 0.2) is 0 Å². The fourth-order valence-corrected chi connectivity index (χ4v) is 8.02. The molecule has 3 heteroatoms. The maximum atomic E-state index is 2.78. The van der Waals surface area contributed by atoms with Gasteiger partial charge in [-0.2, -0.15) is 0 Å². The van der Waals surface area contributed by atoms with Crippen LogP contribution >= 0.6 is 0 Å². The summed E-state index contributed by atoms with van der Waals surface area (Å²) in [6.07, 6.45) is 5.14. The van der Waals surface area contributed by atoms with Gasteiger partial charge in [-0.05, 0) is 72.0 Å². The Morgan fingerprint density at radius 1 is 0.657 bits per heavy atom. The average Bonchev–Trinajstić information content (AvgIpc) is 3.11. The minimum atomic E-state index is 0.0956. The van der Waals surface area contributed by atoms with E-state index in [1.807, 2.05) is 0 Å². The summed E-state index contributed by atoms with van der Waals surface area (Å²) in [7, 11) is 0. The lowest BCUT2D eigenvalue weighted by atomic mass is 9.33. The molecule has 2 unspecified atom stereocenters. The van der Waals surface area contributed by atoms with Gasteiger partial charge in [-0.25, -0.2) is 0 Å². The van der Waals surface area contributed by atoms with Gasteiger partial charge in [0.2, 0.25) is 0 Å². The summed E-state index contributed by atoms with van der Waals surface area (Å²) in [6, 6.07) is 34.1. The van der Waals surface area contributed by atoms with Gasteiger partial charge in [0.1, 0.15) is 0 Å². The second kappa shape index (κ2) is 6.60. The largest absolute Gasteiger partial charge is 0.335 e. The van der Waals surface area contributed by atoms with Crippen LogP contribution in [0.4, 0.5) is 28.4 Å². The highest BCUT2D eigenvalue weighted by Crippen LogP contribution is 2.61. The quantitative estimate of drug-likeness (QED) is 0.286. The third kappa shape index (κ3) is 2.23. The lowest BCUT2D eigenvalue weighted by Gasteiger charge is -2.52. The monoisotopic (exact) mass is 452 g/mol. The molecule has 0 amide bonds. The topological polar surface area (TPSA) is 6.48 Å². The van der Waals surface area contributed by atoms with E-state index in [1.54, 1.807) is 5.56 Å². The molecule has 0 N–H and O–H groups in total. The zero-order chi connectivity index (χ0) is 23.4. The van der Waals surface area contributed by atoms with E-state index in [0.717, 1.165) is 0 Å². The van der Waals surface area contributed by atoms with Crippen LogP contribution in [0.1, 0.15) is 45.1 Å². The minimum Gasteiger partial charge on any atom is -0.335 e. The van der Waals surface area contributed by atoms with Crippen molar-refractivity contribution >= 4 is 51.5 Å². The van der Waals surface area contributed by atoms with Crippen LogP contribution in [0.3, 0.4) is 0 Å². The van der Waals surface area contributed by atoms with Gasteiger partial charge < -0.3 is 9.80 Å². The van der Waals surface area contributed by atoms with Crippen LogP contribution in [0, 0.1) is 0 Å². The van der Waals surface area contributed by atoms with E-state index in [0.29, 0.717) is 0 Å². The smallest absolute Gasteiger partial charge is 0.252 e. The standard InChI is InChI=1S/C32H29BN2/c1-31-20-8-9-21-32(31,2)35-28-19-11-18-27-29(28)33(25-16-10-14-23(31)30(25)35)24-15-6-7-17-26(24)34(27)22-12-4-3-5-13-22/h3-7,10-19H,8-9,20-21H2,1-2H3. The van der Waals surface area contributed by atoms with Crippen LogP contribution in [0.2, 0.25) is 0 Å². The van der Waals surface area contributed by atoms with Crippen molar-refractivity contribution in [2.75, 3.05) is 9.80 Å². The summed E-state index contributed by atoms with van der Waals surface area (Å²) < 4.78 is 0. The second-order valence-corrected chi connectivity index (χ2v) is 11.3. The molecule has 1 aliphatic carbocycles. The summed E-state index contributed by atoms with van der Waals surface area (Å²) in [5.41, 5.74) is 13.0. The molecule has 4 aliphatic rings. The molecule has 1 fully saturated rings. The molecule has 0 saturated heterocycles. The Morgan fingerprint density at radius 2 is 1.34 bits per heavy atom. The van der Waals surface area contributed by atoms with Crippen LogP contribution in [-0.4, -0.2) is 12.3 Å². The zero-order valence-corrected chi connectivity index (χ0v) is 20.5. The lowest BCUT2D eigenvalue weighted by molar-refractivity contribution is 0.195. The highest BCUT2D eigenvalue weighted by Gasteiger charge is 2.61. The van der Waals surface area contributed by atoms with Gasteiger partial charge >= 0.3 is 0 Å². The Hall–Kier alpha value is -3.46.